The lowest BCUT2D eigenvalue weighted by Crippen LogP contribution is -2.13. The van der Waals surface area contributed by atoms with E-state index >= 15 is 0 Å². The van der Waals surface area contributed by atoms with Crippen LogP contribution in [0.15, 0.2) is 48.9 Å². The molecule has 0 radical (unpaired) electrons. The molecule has 1 atom stereocenters. The molecular weight excluding hydrogens is 338 g/mol. The average Bonchev–Trinajstić information content (AvgIpc) is 3.02. The Bertz CT molecular complexity index is 892. The highest BCUT2D eigenvalue weighted by molar-refractivity contribution is 6.29. The third-order valence-electron chi connectivity index (χ3n) is 3.83. The summed E-state index contributed by atoms with van der Waals surface area (Å²) in [6, 6.07) is 9.45. The van der Waals surface area contributed by atoms with Crippen molar-refractivity contribution < 1.29 is 4.79 Å². The summed E-state index contributed by atoms with van der Waals surface area (Å²) in [5.41, 5.74) is 3.05. The second-order valence-corrected chi connectivity index (χ2v) is 6.28. The van der Waals surface area contributed by atoms with Gasteiger partial charge in [0.1, 0.15) is 5.15 Å². The molecule has 0 spiro atoms. The number of benzene rings is 1. The van der Waals surface area contributed by atoms with E-state index in [1.165, 1.54) is 6.20 Å². The van der Waals surface area contributed by atoms with Gasteiger partial charge in [-0.25, -0.2) is 4.98 Å². The van der Waals surface area contributed by atoms with E-state index in [1.807, 2.05) is 24.3 Å². The van der Waals surface area contributed by atoms with Gasteiger partial charge in [-0.05, 0) is 36.1 Å². The third kappa shape index (κ3) is 4.42. The molecule has 1 amide bonds. The van der Waals surface area contributed by atoms with Crippen LogP contribution in [0.25, 0.3) is 0 Å². The maximum absolute atomic E-state index is 12.2. The molecule has 7 heteroatoms. The zero-order chi connectivity index (χ0) is 17.8. The van der Waals surface area contributed by atoms with Crippen LogP contribution in [-0.2, 0) is 13.5 Å². The van der Waals surface area contributed by atoms with Gasteiger partial charge in [0, 0.05) is 25.1 Å². The number of halogens is 1. The van der Waals surface area contributed by atoms with Crippen LogP contribution in [-0.4, -0.2) is 25.7 Å². The highest BCUT2D eigenvalue weighted by atomic mass is 35.5. The summed E-state index contributed by atoms with van der Waals surface area (Å²) in [5.74, 6) is -0.0226. The van der Waals surface area contributed by atoms with E-state index in [1.54, 1.807) is 30.2 Å². The minimum atomic E-state index is -0.230. The van der Waals surface area contributed by atoms with Gasteiger partial charge in [0.15, 0.2) is 5.69 Å². The van der Waals surface area contributed by atoms with Crippen LogP contribution >= 0.6 is 11.6 Å². The van der Waals surface area contributed by atoms with Crippen LogP contribution in [0.4, 0.5) is 5.69 Å². The van der Waals surface area contributed by atoms with Crippen molar-refractivity contribution in [3.63, 3.8) is 0 Å². The van der Waals surface area contributed by atoms with E-state index in [0.29, 0.717) is 17.3 Å². The van der Waals surface area contributed by atoms with Gasteiger partial charge in [-0.2, -0.15) is 5.10 Å². The smallest absolute Gasteiger partial charge is 0.276 e. The van der Waals surface area contributed by atoms with Crippen LogP contribution < -0.4 is 5.32 Å². The molecule has 1 N–H and O–H groups in total. The SMILES string of the molecule is C[C@H](Cc1cncc(Cl)n1)c1cccc(NC(=O)c2ccn(C)n2)c1. The molecule has 0 aliphatic heterocycles. The van der Waals surface area contributed by atoms with Crippen LogP contribution in [0, 0.1) is 0 Å². The lowest BCUT2D eigenvalue weighted by atomic mass is 9.96. The molecule has 0 bridgehead atoms. The summed E-state index contributed by atoms with van der Waals surface area (Å²) in [6.45, 7) is 2.10. The maximum atomic E-state index is 12.2. The normalized spacial score (nSPS) is 12.0. The topological polar surface area (TPSA) is 72.7 Å². The van der Waals surface area contributed by atoms with Crippen molar-refractivity contribution in [3.8, 4) is 0 Å². The predicted octanol–water partition coefficient (Wildman–Crippen LogP) is 3.46. The first-order valence-corrected chi connectivity index (χ1v) is 8.26. The molecule has 0 saturated carbocycles. The molecule has 0 saturated heterocycles. The van der Waals surface area contributed by atoms with Crippen molar-refractivity contribution in [2.45, 2.75) is 19.3 Å². The number of amides is 1. The first-order valence-electron chi connectivity index (χ1n) is 7.88. The monoisotopic (exact) mass is 355 g/mol. The molecule has 0 fully saturated rings. The second-order valence-electron chi connectivity index (χ2n) is 5.89. The summed E-state index contributed by atoms with van der Waals surface area (Å²) >= 11 is 5.89. The van der Waals surface area contributed by atoms with Gasteiger partial charge in [-0.1, -0.05) is 30.7 Å². The molecule has 0 aliphatic rings. The molecule has 3 rings (SSSR count). The van der Waals surface area contributed by atoms with Crippen LogP contribution in [0.5, 0.6) is 0 Å². The van der Waals surface area contributed by atoms with Gasteiger partial charge in [0.05, 0.1) is 11.9 Å². The predicted molar refractivity (Wildman–Crippen MR) is 96.8 cm³/mol. The van der Waals surface area contributed by atoms with Gasteiger partial charge >= 0.3 is 0 Å². The summed E-state index contributed by atoms with van der Waals surface area (Å²) < 4.78 is 1.60. The number of hydrogen-bond donors (Lipinski definition) is 1. The first kappa shape index (κ1) is 17.1. The highest BCUT2D eigenvalue weighted by Gasteiger charge is 2.12. The molecule has 1 aromatic carbocycles. The first-order chi connectivity index (χ1) is 12.0. The number of aryl methyl sites for hydroxylation is 1. The lowest BCUT2D eigenvalue weighted by Gasteiger charge is -2.13. The Labute approximate surface area is 150 Å². The number of anilines is 1. The Kier molecular flexibility index (Phi) is 5.09. The molecule has 0 unspecified atom stereocenters. The van der Waals surface area contributed by atoms with Crippen molar-refractivity contribution in [2.24, 2.45) is 7.05 Å². The van der Waals surface area contributed by atoms with Gasteiger partial charge in [0.25, 0.3) is 5.91 Å². The quantitative estimate of drug-likeness (QED) is 0.760. The third-order valence-corrected chi connectivity index (χ3v) is 4.01. The zero-order valence-corrected chi connectivity index (χ0v) is 14.7. The Morgan fingerprint density at radius 1 is 1.32 bits per heavy atom. The number of nitrogens with zero attached hydrogens (tertiary/aromatic N) is 4. The van der Waals surface area contributed by atoms with Crippen molar-refractivity contribution in [1.29, 1.82) is 0 Å². The Morgan fingerprint density at radius 3 is 2.88 bits per heavy atom. The molecule has 3 aromatic rings. The molecule has 2 aromatic heterocycles. The number of hydrogen-bond acceptors (Lipinski definition) is 4. The van der Waals surface area contributed by atoms with E-state index in [9.17, 15) is 4.79 Å². The number of carbonyl (C=O) groups is 1. The zero-order valence-electron chi connectivity index (χ0n) is 14.0. The van der Waals surface area contributed by atoms with E-state index < -0.39 is 0 Å². The van der Waals surface area contributed by atoms with E-state index in [0.717, 1.165) is 16.9 Å². The molecule has 25 heavy (non-hydrogen) atoms. The molecule has 0 aliphatic carbocycles. The van der Waals surface area contributed by atoms with Crippen LogP contribution in [0.1, 0.15) is 34.6 Å². The highest BCUT2D eigenvalue weighted by Crippen LogP contribution is 2.23. The van der Waals surface area contributed by atoms with Crippen molar-refractivity contribution in [1.82, 2.24) is 19.7 Å². The van der Waals surface area contributed by atoms with Gasteiger partial charge in [-0.3, -0.25) is 14.5 Å². The van der Waals surface area contributed by atoms with Crippen molar-refractivity contribution in [2.75, 3.05) is 5.32 Å². The van der Waals surface area contributed by atoms with Gasteiger partial charge in [0.2, 0.25) is 0 Å². The summed E-state index contributed by atoms with van der Waals surface area (Å²) in [6.07, 6.45) is 5.68. The lowest BCUT2D eigenvalue weighted by molar-refractivity contribution is 0.102. The van der Waals surface area contributed by atoms with Crippen LogP contribution in [0.2, 0.25) is 5.15 Å². The molecule has 6 nitrogen and oxygen atoms in total. The Balaban J connectivity index is 1.71. The van der Waals surface area contributed by atoms with Gasteiger partial charge in [-0.15, -0.1) is 0 Å². The van der Waals surface area contributed by atoms with E-state index in [-0.39, 0.29) is 11.8 Å². The fourth-order valence-corrected chi connectivity index (χ4v) is 2.73. The largest absolute Gasteiger partial charge is 0.321 e. The Morgan fingerprint density at radius 2 is 2.16 bits per heavy atom. The standard InChI is InChI=1S/C18H18ClN5O/c1-12(8-15-10-20-11-17(19)21-15)13-4-3-5-14(9-13)22-18(25)16-6-7-24(2)23-16/h3-7,9-12H,8H2,1-2H3,(H,22,25)/t12-/m1/s1. The van der Waals surface area contributed by atoms with Crippen LogP contribution in [0.3, 0.4) is 0 Å². The molecule has 128 valence electrons. The van der Waals surface area contributed by atoms with Crippen molar-refractivity contribution >= 4 is 23.2 Å². The summed E-state index contributed by atoms with van der Waals surface area (Å²) in [7, 11) is 1.78. The number of nitrogens with one attached hydrogen (secondary N) is 1. The summed E-state index contributed by atoms with van der Waals surface area (Å²) in [5, 5.41) is 7.37. The average molecular weight is 356 g/mol. The number of aromatic nitrogens is 4. The fourth-order valence-electron chi connectivity index (χ4n) is 2.56. The second kappa shape index (κ2) is 7.44. The van der Waals surface area contributed by atoms with Crippen molar-refractivity contribution in [3.05, 3.63) is 71.0 Å². The van der Waals surface area contributed by atoms with E-state index in [4.69, 9.17) is 11.6 Å². The molecular formula is C18H18ClN5O. The number of carbonyl (C=O) groups excluding carboxylic acids is 1. The van der Waals surface area contributed by atoms with Gasteiger partial charge < -0.3 is 5.32 Å². The fraction of sp³-hybridized carbons (Fsp3) is 0.222. The number of rotatable bonds is 5. The summed E-state index contributed by atoms with van der Waals surface area (Å²) in [4.78, 5) is 20.6. The minimum Gasteiger partial charge on any atom is -0.321 e. The maximum Gasteiger partial charge on any atom is 0.276 e. The Hall–Kier alpha value is -2.73. The van der Waals surface area contributed by atoms with E-state index in [2.05, 4.69) is 27.3 Å². The molecule has 2 heterocycles. The minimum absolute atomic E-state index is 0.208.